The summed E-state index contributed by atoms with van der Waals surface area (Å²) in [5, 5.41) is 0. The van der Waals surface area contributed by atoms with Gasteiger partial charge < -0.3 is 9.98 Å². The number of anilines is 1. The fraction of sp³-hybridized carbons (Fsp3) is 0.143. The van der Waals surface area contributed by atoms with E-state index in [1.165, 1.54) is 0 Å². The summed E-state index contributed by atoms with van der Waals surface area (Å²) in [6.45, 7) is 0. The van der Waals surface area contributed by atoms with Crippen molar-refractivity contribution in [3.05, 3.63) is 24.3 Å². The Morgan fingerprint density at radius 1 is 1.36 bits per heavy atom. The van der Waals surface area contributed by atoms with E-state index in [2.05, 4.69) is 5.43 Å². The Kier molecular flexibility index (Phi) is 2.76. The number of hydrogen-bond acceptors (Lipinski definition) is 3. The maximum Gasteiger partial charge on any atom is 0.152 e. The molecule has 60 valence electrons. The number of nitrogens with one attached hydrogen (secondary N) is 1. The summed E-state index contributed by atoms with van der Waals surface area (Å²) in [7, 11) is 0. The van der Waals surface area contributed by atoms with Gasteiger partial charge in [0.05, 0.1) is 0 Å². The Labute approximate surface area is 68.8 Å². The van der Waals surface area contributed by atoms with Crippen molar-refractivity contribution in [2.45, 2.75) is 4.90 Å². The first-order chi connectivity index (χ1) is 5.24. The van der Waals surface area contributed by atoms with Crippen LogP contribution in [0.5, 0.6) is 0 Å². The molecule has 0 spiro atoms. The minimum atomic E-state index is -0.908. The van der Waals surface area contributed by atoms with E-state index in [1.54, 1.807) is 30.5 Å². The third-order valence-electron chi connectivity index (χ3n) is 1.35. The van der Waals surface area contributed by atoms with Gasteiger partial charge in [0.2, 0.25) is 0 Å². The quantitative estimate of drug-likeness (QED) is 0.390. The van der Waals surface area contributed by atoms with Gasteiger partial charge in [-0.1, -0.05) is 0 Å². The summed E-state index contributed by atoms with van der Waals surface area (Å²) >= 11 is -0.908. The van der Waals surface area contributed by atoms with Crippen molar-refractivity contribution in [1.82, 2.24) is 0 Å². The molecule has 0 aliphatic rings. The molecule has 0 fully saturated rings. The number of nitrogen functional groups attached to an aromatic ring is 1. The van der Waals surface area contributed by atoms with Crippen LogP contribution < -0.4 is 11.3 Å². The molecule has 3 N–H and O–H groups in total. The standard InChI is InChI=1S/C7H10N2OS/c1-11(10)7-4-2-6(9-8)3-5-7/h2-5,9H,8H2,1H3. The average Bonchev–Trinajstić information content (AvgIpc) is 2.05. The molecular formula is C7H10N2OS. The Hall–Kier alpha value is -0.710. The molecule has 3 nitrogen and oxygen atoms in total. The van der Waals surface area contributed by atoms with Gasteiger partial charge in [-0.15, -0.1) is 0 Å². The number of benzene rings is 1. The molecule has 0 heterocycles. The van der Waals surface area contributed by atoms with Gasteiger partial charge in [-0.05, 0) is 35.4 Å². The fourth-order valence-electron chi connectivity index (χ4n) is 0.743. The molecule has 0 radical (unpaired) electrons. The van der Waals surface area contributed by atoms with E-state index >= 15 is 0 Å². The minimum Gasteiger partial charge on any atom is -0.612 e. The van der Waals surface area contributed by atoms with Crippen LogP contribution in [0.3, 0.4) is 0 Å². The van der Waals surface area contributed by atoms with Crippen molar-refractivity contribution in [3.8, 4) is 0 Å². The molecule has 0 amide bonds. The predicted octanol–water partition coefficient (Wildman–Crippen LogP) is 0.710. The van der Waals surface area contributed by atoms with Crippen molar-refractivity contribution < 1.29 is 4.55 Å². The molecule has 1 atom stereocenters. The van der Waals surface area contributed by atoms with Gasteiger partial charge in [-0.25, -0.2) is 0 Å². The molecule has 1 aromatic rings. The normalized spacial score (nSPS) is 12.6. The lowest BCUT2D eigenvalue weighted by Crippen LogP contribution is -2.06. The van der Waals surface area contributed by atoms with Gasteiger partial charge in [0.25, 0.3) is 0 Å². The van der Waals surface area contributed by atoms with Crippen LogP contribution in [0, 0.1) is 0 Å². The summed E-state index contributed by atoms with van der Waals surface area (Å²) in [5.41, 5.74) is 3.31. The zero-order valence-electron chi connectivity index (χ0n) is 6.20. The first kappa shape index (κ1) is 8.39. The molecule has 1 aromatic carbocycles. The number of hydrazine groups is 1. The average molecular weight is 170 g/mol. The number of hydrogen-bond donors (Lipinski definition) is 2. The molecule has 0 aromatic heterocycles. The molecule has 11 heavy (non-hydrogen) atoms. The van der Waals surface area contributed by atoms with Crippen LogP contribution in [0.1, 0.15) is 0 Å². The SMILES string of the molecule is C[S+]([O-])c1ccc(NN)cc1. The summed E-state index contributed by atoms with van der Waals surface area (Å²) in [6.07, 6.45) is 1.64. The van der Waals surface area contributed by atoms with Gasteiger partial charge in [0.15, 0.2) is 4.90 Å². The van der Waals surface area contributed by atoms with Crippen LogP contribution in [0.2, 0.25) is 0 Å². The number of rotatable bonds is 2. The zero-order valence-corrected chi connectivity index (χ0v) is 7.02. The highest BCUT2D eigenvalue weighted by molar-refractivity contribution is 7.90. The van der Waals surface area contributed by atoms with Gasteiger partial charge in [0, 0.05) is 5.69 Å². The van der Waals surface area contributed by atoms with E-state index in [1.807, 2.05) is 0 Å². The van der Waals surface area contributed by atoms with Crippen LogP contribution in [-0.2, 0) is 11.2 Å². The maximum absolute atomic E-state index is 10.9. The summed E-state index contributed by atoms with van der Waals surface area (Å²) in [4.78, 5) is 0.809. The Bertz CT molecular complexity index is 222. The second-order valence-corrected chi connectivity index (χ2v) is 3.50. The monoisotopic (exact) mass is 170 g/mol. The maximum atomic E-state index is 10.9. The van der Waals surface area contributed by atoms with Crippen molar-refractivity contribution in [3.63, 3.8) is 0 Å². The van der Waals surface area contributed by atoms with Crippen LogP contribution in [0.4, 0.5) is 5.69 Å². The smallest absolute Gasteiger partial charge is 0.152 e. The minimum absolute atomic E-state index is 0.809. The van der Waals surface area contributed by atoms with Crippen molar-refractivity contribution in [2.24, 2.45) is 5.84 Å². The highest BCUT2D eigenvalue weighted by atomic mass is 32.2. The highest BCUT2D eigenvalue weighted by Gasteiger charge is 2.01. The van der Waals surface area contributed by atoms with Gasteiger partial charge in [-0.3, -0.25) is 5.84 Å². The van der Waals surface area contributed by atoms with Crippen LogP contribution in [0.25, 0.3) is 0 Å². The molecule has 0 saturated carbocycles. The van der Waals surface area contributed by atoms with Crippen LogP contribution in [-0.4, -0.2) is 10.8 Å². The summed E-state index contributed by atoms with van der Waals surface area (Å²) in [6, 6.07) is 7.14. The zero-order chi connectivity index (χ0) is 8.27. The lowest BCUT2D eigenvalue weighted by atomic mass is 10.3. The molecule has 4 heteroatoms. The molecule has 0 saturated heterocycles. The first-order valence-electron chi connectivity index (χ1n) is 3.14. The largest absolute Gasteiger partial charge is 0.612 e. The second kappa shape index (κ2) is 3.61. The fourth-order valence-corrected chi connectivity index (χ4v) is 1.26. The van der Waals surface area contributed by atoms with Crippen LogP contribution in [0.15, 0.2) is 29.2 Å². The van der Waals surface area contributed by atoms with E-state index < -0.39 is 11.2 Å². The third-order valence-corrected chi connectivity index (χ3v) is 2.29. The summed E-state index contributed by atoms with van der Waals surface area (Å²) < 4.78 is 10.9. The topological polar surface area (TPSA) is 61.1 Å². The molecule has 1 rings (SSSR count). The third kappa shape index (κ3) is 2.11. The van der Waals surface area contributed by atoms with E-state index in [-0.39, 0.29) is 0 Å². The van der Waals surface area contributed by atoms with Gasteiger partial charge >= 0.3 is 0 Å². The van der Waals surface area contributed by atoms with Crippen molar-refractivity contribution in [1.29, 1.82) is 0 Å². The molecule has 0 aliphatic heterocycles. The highest BCUT2D eigenvalue weighted by Crippen LogP contribution is 2.12. The van der Waals surface area contributed by atoms with E-state index in [0.29, 0.717) is 0 Å². The van der Waals surface area contributed by atoms with E-state index in [0.717, 1.165) is 10.6 Å². The lowest BCUT2D eigenvalue weighted by molar-refractivity contribution is 0.601. The number of nitrogens with two attached hydrogens (primary N) is 1. The van der Waals surface area contributed by atoms with E-state index in [9.17, 15) is 4.55 Å². The van der Waals surface area contributed by atoms with Gasteiger partial charge in [-0.2, -0.15) is 0 Å². The Balaban J connectivity index is 2.83. The molecule has 0 bridgehead atoms. The van der Waals surface area contributed by atoms with E-state index in [4.69, 9.17) is 5.84 Å². The van der Waals surface area contributed by atoms with Gasteiger partial charge in [0.1, 0.15) is 6.26 Å². The van der Waals surface area contributed by atoms with Crippen molar-refractivity contribution in [2.75, 3.05) is 11.7 Å². The Morgan fingerprint density at radius 3 is 2.27 bits per heavy atom. The molecular weight excluding hydrogens is 160 g/mol. The second-order valence-electron chi connectivity index (χ2n) is 2.12. The predicted molar refractivity (Wildman–Crippen MR) is 46.6 cm³/mol. The Morgan fingerprint density at radius 2 is 1.91 bits per heavy atom. The van der Waals surface area contributed by atoms with Crippen LogP contribution >= 0.6 is 0 Å². The lowest BCUT2D eigenvalue weighted by Gasteiger charge is -2.04. The summed E-state index contributed by atoms with van der Waals surface area (Å²) in [5.74, 6) is 5.15. The molecule has 1 unspecified atom stereocenters. The first-order valence-corrected chi connectivity index (χ1v) is 4.70. The van der Waals surface area contributed by atoms with Crippen molar-refractivity contribution >= 4 is 16.9 Å². The molecule has 0 aliphatic carbocycles.